The summed E-state index contributed by atoms with van der Waals surface area (Å²) >= 11 is 0. The van der Waals surface area contributed by atoms with Crippen molar-refractivity contribution < 1.29 is 19.6 Å². The molecule has 0 bridgehead atoms. The Morgan fingerprint density at radius 3 is 2.70 bits per heavy atom. The summed E-state index contributed by atoms with van der Waals surface area (Å²) in [4.78, 5) is 1.64. The minimum atomic E-state index is 0.558. The molecule has 2 aliphatic heterocycles. The molecule has 0 saturated carbocycles. The first-order chi connectivity index (χ1) is 13.3. The van der Waals surface area contributed by atoms with Gasteiger partial charge in [0, 0.05) is 24.3 Å². The highest BCUT2D eigenvalue weighted by atomic mass is 16.6. The van der Waals surface area contributed by atoms with E-state index in [1.807, 2.05) is 18.2 Å². The zero-order valence-corrected chi connectivity index (χ0v) is 15.6. The zero-order chi connectivity index (χ0) is 18.5. The summed E-state index contributed by atoms with van der Waals surface area (Å²) in [5, 5.41) is 13.0. The van der Waals surface area contributed by atoms with Crippen molar-refractivity contribution in [2.24, 2.45) is 5.16 Å². The number of ether oxygens (including phenoxy) is 2. The highest BCUT2D eigenvalue weighted by Crippen LogP contribution is 2.31. The summed E-state index contributed by atoms with van der Waals surface area (Å²) < 4.78 is 11.2. The van der Waals surface area contributed by atoms with E-state index in [-0.39, 0.29) is 0 Å². The van der Waals surface area contributed by atoms with Gasteiger partial charge in [-0.2, -0.15) is 0 Å². The lowest BCUT2D eigenvalue weighted by atomic mass is 9.99. The summed E-state index contributed by atoms with van der Waals surface area (Å²) in [6.45, 7) is 4.65. The average Bonchev–Trinajstić information content (AvgIpc) is 3.20. The predicted molar refractivity (Wildman–Crippen MR) is 104 cm³/mol. The molecule has 0 spiro atoms. The molecule has 1 saturated heterocycles. The Balaban J connectivity index is 1.29. The Hall–Kier alpha value is -2.53. The third-order valence-corrected chi connectivity index (χ3v) is 5.59. The molecule has 2 aromatic rings. The maximum atomic E-state index is 9.48. The molecule has 2 atom stereocenters. The Morgan fingerprint density at radius 1 is 1.07 bits per heavy atom. The molecule has 2 N–H and O–H groups in total. The van der Waals surface area contributed by atoms with E-state index >= 15 is 0 Å². The van der Waals surface area contributed by atoms with Crippen molar-refractivity contribution in [2.75, 3.05) is 32.8 Å². The lowest BCUT2D eigenvalue weighted by molar-refractivity contribution is -0.888. The predicted octanol–water partition coefficient (Wildman–Crippen LogP) is 2.49. The van der Waals surface area contributed by atoms with Gasteiger partial charge in [-0.05, 0) is 30.2 Å². The van der Waals surface area contributed by atoms with Crippen LogP contribution in [0.3, 0.4) is 0 Å². The minimum Gasteiger partial charge on any atom is -0.486 e. The number of nitrogens with one attached hydrogen (secondary N) is 1. The van der Waals surface area contributed by atoms with Crippen molar-refractivity contribution in [3.63, 3.8) is 0 Å². The van der Waals surface area contributed by atoms with E-state index in [0.717, 1.165) is 36.4 Å². The lowest BCUT2D eigenvalue weighted by Gasteiger charge is -2.19. The Labute approximate surface area is 160 Å². The van der Waals surface area contributed by atoms with Crippen molar-refractivity contribution in [3.05, 3.63) is 59.7 Å². The summed E-state index contributed by atoms with van der Waals surface area (Å²) in [7, 11) is 0. The Bertz CT molecular complexity index is 791. The summed E-state index contributed by atoms with van der Waals surface area (Å²) in [5.74, 6) is 2.16. The molecule has 1 fully saturated rings. The number of hydrogen-bond donors (Lipinski definition) is 2. The van der Waals surface area contributed by atoms with E-state index in [1.54, 1.807) is 4.90 Å². The van der Waals surface area contributed by atoms with Crippen molar-refractivity contribution >= 4 is 5.71 Å². The van der Waals surface area contributed by atoms with E-state index in [2.05, 4.69) is 35.5 Å². The van der Waals surface area contributed by atoms with E-state index < -0.39 is 0 Å². The van der Waals surface area contributed by atoms with Crippen LogP contribution in [0.4, 0.5) is 0 Å². The molecule has 1 unspecified atom stereocenters. The molecule has 0 amide bonds. The van der Waals surface area contributed by atoms with Crippen LogP contribution in [0, 0.1) is 0 Å². The maximum absolute atomic E-state index is 9.48. The van der Waals surface area contributed by atoms with Gasteiger partial charge in [-0.3, -0.25) is 0 Å². The first kappa shape index (κ1) is 17.9. The summed E-state index contributed by atoms with van der Waals surface area (Å²) in [6.07, 6.45) is 3.02. The molecule has 0 aromatic heterocycles. The summed E-state index contributed by atoms with van der Waals surface area (Å²) in [6, 6.07) is 16.6. The van der Waals surface area contributed by atoms with Crippen LogP contribution in [0.1, 0.15) is 36.3 Å². The average molecular weight is 367 g/mol. The smallest absolute Gasteiger partial charge is 0.162 e. The molecule has 0 aliphatic carbocycles. The fraction of sp³-hybridized carbons (Fsp3) is 0.409. The number of rotatable bonds is 6. The number of fused-ring (bicyclic) bond motifs is 1. The molecular weight excluding hydrogens is 340 g/mol. The first-order valence-corrected chi connectivity index (χ1v) is 9.83. The van der Waals surface area contributed by atoms with Gasteiger partial charge in [0.1, 0.15) is 13.2 Å². The molecule has 2 aliphatic rings. The Morgan fingerprint density at radius 2 is 1.89 bits per heavy atom. The largest absolute Gasteiger partial charge is 0.486 e. The van der Waals surface area contributed by atoms with Gasteiger partial charge in [0.15, 0.2) is 11.5 Å². The molecule has 2 aromatic carbocycles. The minimum absolute atomic E-state index is 0.558. The van der Waals surface area contributed by atoms with Gasteiger partial charge in [-0.1, -0.05) is 35.5 Å². The topological polar surface area (TPSA) is 55.5 Å². The van der Waals surface area contributed by atoms with Crippen LogP contribution >= 0.6 is 0 Å². The molecular formula is C22H27N2O3+. The van der Waals surface area contributed by atoms with E-state index in [1.165, 1.54) is 25.1 Å². The third kappa shape index (κ3) is 4.25. The normalized spacial score (nSPS) is 22.0. The lowest BCUT2D eigenvalue weighted by Crippen LogP contribution is -3.10. The second-order valence-corrected chi connectivity index (χ2v) is 7.36. The Kier molecular flexibility index (Phi) is 5.58. The second kappa shape index (κ2) is 8.44. The van der Waals surface area contributed by atoms with Gasteiger partial charge in [-0.25, -0.2) is 0 Å². The maximum Gasteiger partial charge on any atom is 0.162 e. The van der Waals surface area contributed by atoms with Gasteiger partial charge in [0.25, 0.3) is 0 Å². The zero-order valence-electron chi connectivity index (χ0n) is 15.6. The van der Waals surface area contributed by atoms with Crippen molar-refractivity contribution in [1.29, 1.82) is 0 Å². The quantitative estimate of drug-likeness (QED) is 0.469. The molecule has 5 heteroatoms. The SMILES string of the molecule is O/N=C(/CCC[NH+]1CC[C@H](c2ccccc2)C1)c1ccc2c(c1)OCCO2. The fourth-order valence-corrected chi connectivity index (χ4v) is 4.15. The number of nitrogens with zero attached hydrogens (tertiary/aromatic N) is 1. The van der Waals surface area contributed by atoms with E-state index in [9.17, 15) is 5.21 Å². The molecule has 0 radical (unpaired) electrons. The van der Waals surface area contributed by atoms with Crippen LogP contribution in [-0.4, -0.2) is 43.8 Å². The van der Waals surface area contributed by atoms with Crippen molar-refractivity contribution in [3.8, 4) is 11.5 Å². The van der Waals surface area contributed by atoms with Crippen LogP contribution in [-0.2, 0) is 0 Å². The standard InChI is InChI=1S/C22H26N2O3/c25-23-20(18-8-9-21-22(15-18)27-14-13-26-21)7-4-11-24-12-10-19(16-24)17-5-2-1-3-6-17/h1-3,5-6,8-9,15,19,25H,4,7,10-14,16H2/p+1/b23-20-/t19-/m0/s1. The van der Waals surface area contributed by atoms with Gasteiger partial charge in [0.2, 0.25) is 0 Å². The van der Waals surface area contributed by atoms with Crippen LogP contribution < -0.4 is 14.4 Å². The monoisotopic (exact) mass is 367 g/mol. The fourth-order valence-electron chi connectivity index (χ4n) is 4.15. The highest BCUT2D eigenvalue weighted by Gasteiger charge is 2.27. The van der Waals surface area contributed by atoms with Crippen molar-refractivity contribution in [2.45, 2.75) is 25.2 Å². The summed E-state index contributed by atoms with van der Waals surface area (Å²) in [5.41, 5.74) is 3.08. The molecule has 2 heterocycles. The van der Waals surface area contributed by atoms with Gasteiger partial charge >= 0.3 is 0 Å². The molecule has 4 rings (SSSR count). The number of hydrogen-bond acceptors (Lipinski definition) is 4. The highest BCUT2D eigenvalue weighted by molar-refractivity contribution is 6.00. The van der Waals surface area contributed by atoms with Crippen LogP contribution in [0.25, 0.3) is 0 Å². The van der Waals surface area contributed by atoms with Gasteiger partial charge in [-0.15, -0.1) is 0 Å². The van der Waals surface area contributed by atoms with Crippen LogP contribution in [0.5, 0.6) is 11.5 Å². The second-order valence-electron chi connectivity index (χ2n) is 7.36. The van der Waals surface area contributed by atoms with Gasteiger partial charge < -0.3 is 19.6 Å². The van der Waals surface area contributed by atoms with Crippen molar-refractivity contribution in [1.82, 2.24) is 0 Å². The van der Waals surface area contributed by atoms with Crippen LogP contribution in [0.15, 0.2) is 53.7 Å². The van der Waals surface area contributed by atoms with Crippen LogP contribution in [0.2, 0.25) is 0 Å². The molecule has 5 nitrogen and oxygen atoms in total. The number of benzene rings is 2. The van der Waals surface area contributed by atoms with E-state index in [4.69, 9.17) is 9.47 Å². The molecule has 142 valence electrons. The first-order valence-electron chi connectivity index (χ1n) is 9.83. The van der Waals surface area contributed by atoms with Gasteiger partial charge in [0.05, 0.1) is 25.3 Å². The molecule has 27 heavy (non-hydrogen) atoms. The third-order valence-electron chi connectivity index (χ3n) is 5.59. The number of oxime groups is 1. The van der Waals surface area contributed by atoms with E-state index in [0.29, 0.717) is 24.8 Å². The number of likely N-dealkylation sites (tertiary alicyclic amines) is 1. The number of quaternary nitrogens is 1.